The molecule has 0 aliphatic heterocycles. The van der Waals surface area contributed by atoms with Crippen LogP contribution in [0.1, 0.15) is 6.42 Å². The van der Waals surface area contributed by atoms with E-state index in [0.29, 0.717) is 23.1 Å². The molecule has 0 aliphatic rings. The molecular formula is C10H16BrN3O4S. The summed E-state index contributed by atoms with van der Waals surface area (Å²) in [4.78, 5) is 11.8. The van der Waals surface area contributed by atoms with Crippen LogP contribution in [0, 0.1) is 0 Å². The standard InChI is InChI=1S/C10H16BrN3O4S/c1-19(17,18)6-2-3-12-8-7-13-14(4-5-15)10(16)9(8)11/h7,12,15H,2-6H2,1H3. The Labute approximate surface area is 119 Å². The third-order valence-corrected chi connectivity index (χ3v) is 4.10. The van der Waals surface area contributed by atoms with E-state index in [-0.39, 0.29) is 24.5 Å². The second kappa shape index (κ2) is 7.01. The van der Waals surface area contributed by atoms with Crippen molar-refractivity contribution in [2.24, 2.45) is 0 Å². The Morgan fingerprint density at radius 2 is 2.21 bits per heavy atom. The van der Waals surface area contributed by atoms with Gasteiger partial charge in [-0.25, -0.2) is 13.1 Å². The van der Waals surface area contributed by atoms with Crippen molar-refractivity contribution in [3.8, 4) is 0 Å². The van der Waals surface area contributed by atoms with Gasteiger partial charge >= 0.3 is 0 Å². The fourth-order valence-electron chi connectivity index (χ4n) is 1.40. The molecule has 0 saturated heterocycles. The van der Waals surface area contributed by atoms with Crippen LogP contribution in [-0.4, -0.2) is 48.5 Å². The molecule has 1 heterocycles. The van der Waals surface area contributed by atoms with Crippen LogP contribution in [0.25, 0.3) is 0 Å². The van der Waals surface area contributed by atoms with Crippen LogP contribution < -0.4 is 10.9 Å². The van der Waals surface area contributed by atoms with Crippen LogP contribution in [0.15, 0.2) is 15.5 Å². The average Bonchev–Trinajstić information content (AvgIpc) is 2.32. The van der Waals surface area contributed by atoms with Crippen molar-refractivity contribution in [3.63, 3.8) is 0 Å². The number of halogens is 1. The van der Waals surface area contributed by atoms with Gasteiger partial charge in [0.25, 0.3) is 5.56 Å². The lowest BCUT2D eigenvalue weighted by atomic mass is 10.4. The SMILES string of the molecule is CS(=O)(=O)CCCNc1cnn(CCO)c(=O)c1Br. The van der Waals surface area contributed by atoms with Gasteiger partial charge in [-0.05, 0) is 22.4 Å². The number of nitrogens with zero attached hydrogens (tertiary/aromatic N) is 2. The first-order valence-electron chi connectivity index (χ1n) is 5.63. The maximum absolute atomic E-state index is 11.8. The first-order valence-corrected chi connectivity index (χ1v) is 8.48. The summed E-state index contributed by atoms with van der Waals surface area (Å²) in [5, 5.41) is 15.6. The first kappa shape index (κ1) is 16.1. The minimum absolute atomic E-state index is 0.0899. The largest absolute Gasteiger partial charge is 0.394 e. The number of rotatable bonds is 7. The number of nitrogens with one attached hydrogen (secondary N) is 1. The van der Waals surface area contributed by atoms with Gasteiger partial charge in [0.15, 0.2) is 0 Å². The number of anilines is 1. The Kier molecular flexibility index (Phi) is 5.95. The molecule has 0 unspecified atom stereocenters. The lowest BCUT2D eigenvalue weighted by molar-refractivity contribution is 0.266. The Morgan fingerprint density at radius 3 is 2.79 bits per heavy atom. The van der Waals surface area contributed by atoms with Crippen molar-refractivity contribution < 1.29 is 13.5 Å². The summed E-state index contributed by atoms with van der Waals surface area (Å²) in [6.45, 7) is 0.392. The molecule has 0 saturated carbocycles. The predicted molar refractivity (Wildman–Crippen MR) is 76.1 cm³/mol. The maximum atomic E-state index is 11.8. The third kappa shape index (κ3) is 5.29. The molecule has 0 radical (unpaired) electrons. The number of sulfone groups is 1. The summed E-state index contributed by atoms with van der Waals surface area (Å²) < 4.78 is 23.4. The molecule has 1 aromatic heterocycles. The normalized spacial score (nSPS) is 11.5. The average molecular weight is 354 g/mol. The summed E-state index contributed by atoms with van der Waals surface area (Å²) in [6, 6.07) is 0. The molecule has 0 amide bonds. The highest BCUT2D eigenvalue weighted by Gasteiger charge is 2.08. The van der Waals surface area contributed by atoms with Gasteiger partial charge in [-0.15, -0.1) is 0 Å². The maximum Gasteiger partial charge on any atom is 0.283 e. The van der Waals surface area contributed by atoms with Crippen LogP contribution in [0.5, 0.6) is 0 Å². The zero-order valence-corrected chi connectivity index (χ0v) is 12.9. The van der Waals surface area contributed by atoms with E-state index in [2.05, 4.69) is 26.3 Å². The van der Waals surface area contributed by atoms with Crippen molar-refractivity contribution >= 4 is 31.5 Å². The minimum Gasteiger partial charge on any atom is -0.394 e. The van der Waals surface area contributed by atoms with E-state index in [0.717, 1.165) is 4.68 Å². The van der Waals surface area contributed by atoms with Crippen LogP contribution in [0.3, 0.4) is 0 Å². The lowest BCUT2D eigenvalue weighted by Gasteiger charge is -2.09. The monoisotopic (exact) mass is 353 g/mol. The van der Waals surface area contributed by atoms with E-state index in [9.17, 15) is 13.2 Å². The summed E-state index contributed by atoms with van der Waals surface area (Å²) >= 11 is 3.16. The molecule has 1 rings (SSSR count). The second-order valence-corrected chi connectivity index (χ2v) is 7.09. The minimum atomic E-state index is -2.97. The zero-order chi connectivity index (χ0) is 14.5. The lowest BCUT2D eigenvalue weighted by Crippen LogP contribution is -2.26. The van der Waals surface area contributed by atoms with Gasteiger partial charge < -0.3 is 10.4 Å². The molecule has 108 valence electrons. The van der Waals surface area contributed by atoms with Gasteiger partial charge in [-0.1, -0.05) is 0 Å². The Hall–Kier alpha value is -0.930. The Bertz CT molecular complexity index is 585. The molecule has 0 fully saturated rings. The highest BCUT2D eigenvalue weighted by Crippen LogP contribution is 2.15. The van der Waals surface area contributed by atoms with Gasteiger partial charge in [-0.2, -0.15) is 5.10 Å². The Morgan fingerprint density at radius 1 is 1.53 bits per heavy atom. The highest BCUT2D eigenvalue weighted by atomic mass is 79.9. The van der Waals surface area contributed by atoms with E-state index in [1.165, 1.54) is 12.5 Å². The predicted octanol–water partition coefficient (Wildman–Crippen LogP) is -0.155. The highest BCUT2D eigenvalue weighted by molar-refractivity contribution is 9.10. The quantitative estimate of drug-likeness (QED) is 0.660. The summed E-state index contributed by atoms with van der Waals surface area (Å²) in [7, 11) is -2.97. The van der Waals surface area contributed by atoms with Crippen LogP contribution >= 0.6 is 15.9 Å². The molecule has 0 spiro atoms. The van der Waals surface area contributed by atoms with Crippen LogP contribution in [0.4, 0.5) is 5.69 Å². The van der Waals surface area contributed by atoms with Crippen LogP contribution in [-0.2, 0) is 16.4 Å². The summed E-state index contributed by atoms with van der Waals surface area (Å²) in [5.41, 5.74) is 0.162. The van der Waals surface area contributed by atoms with Crippen LogP contribution in [0.2, 0.25) is 0 Å². The third-order valence-electron chi connectivity index (χ3n) is 2.30. The fraction of sp³-hybridized carbons (Fsp3) is 0.600. The molecule has 0 atom stereocenters. The van der Waals surface area contributed by atoms with Crippen molar-refractivity contribution in [2.45, 2.75) is 13.0 Å². The van der Waals surface area contributed by atoms with E-state index in [4.69, 9.17) is 5.11 Å². The van der Waals surface area contributed by atoms with Gasteiger partial charge in [0.2, 0.25) is 0 Å². The van der Waals surface area contributed by atoms with Gasteiger partial charge in [0.1, 0.15) is 14.3 Å². The smallest absolute Gasteiger partial charge is 0.283 e. The first-order chi connectivity index (χ1) is 8.85. The molecule has 0 bridgehead atoms. The van der Waals surface area contributed by atoms with E-state index >= 15 is 0 Å². The summed E-state index contributed by atoms with van der Waals surface area (Å²) in [5.74, 6) is 0.0899. The summed E-state index contributed by atoms with van der Waals surface area (Å²) in [6.07, 6.45) is 3.09. The molecule has 9 heteroatoms. The number of aliphatic hydroxyl groups is 1. The number of aliphatic hydroxyl groups excluding tert-OH is 1. The molecule has 0 aromatic carbocycles. The number of hydrogen-bond acceptors (Lipinski definition) is 6. The molecular weight excluding hydrogens is 338 g/mol. The molecule has 19 heavy (non-hydrogen) atoms. The van der Waals surface area contributed by atoms with Crippen molar-refractivity contribution in [1.29, 1.82) is 0 Å². The van der Waals surface area contributed by atoms with Crippen molar-refractivity contribution in [1.82, 2.24) is 9.78 Å². The van der Waals surface area contributed by atoms with Gasteiger partial charge in [0.05, 0.1) is 30.8 Å². The zero-order valence-electron chi connectivity index (χ0n) is 10.5. The topological polar surface area (TPSA) is 101 Å². The number of aromatic nitrogens is 2. The molecule has 0 aliphatic carbocycles. The van der Waals surface area contributed by atoms with E-state index < -0.39 is 9.84 Å². The molecule has 2 N–H and O–H groups in total. The molecule has 1 aromatic rings. The van der Waals surface area contributed by atoms with Gasteiger partial charge in [-0.3, -0.25) is 4.79 Å². The molecule has 7 nitrogen and oxygen atoms in total. The van der Waals surface area contributed by atoms with Crippen molar-refractivity contribution in [3.05, 3.63) is 21.0 Å². The van der Waals surface area contributed by atoms with E-state index in [1.54, 1.807) is 0 Å². The second-order valence-electron chi connectivity index (χ2n) is 4.03. The number of hydrogen-bond donors (Lipinski definition) is 2. The van der Waals surface area contributed by atoms with E-state index in [1.807, 2.05) is 0 Å². The van der Waals surface area contributed by atoms with Gasteiger partial charge in [0, 0.05) is 12.8 Å². The van der Waals surface area contributed by atoms with Crippen molar-refractivity contribution in [2.75, 3.05) is 30.5 Å². The Balaban J connectivity index is 2.65. The fourth-order valence-corrected chi connectivity index (χ4v) is 2.52.